The molecule has 0 radical (unpaired) electrons. The molecule has 1 aromatic heterocycles. The third-order valence-corrected chi connectivity index (χ3v) is 4.15. The lowest BCUT2D eigenvalue weighted by molar-refractivity contribution is -0.139. The molecule has 0 saturated carbocycles. The summed E-state index contributed by atoms with van der Waals surface area (Å²) < 4.78 is 72.6. The highest BCUT2D eigenvalue weighted by atomic mass is 19.4. The van der Waals surface area contributed by atoms with E-state index in [2.05, 4.69) is 4.98 Å². The van der Waals surface area contributed by atoms with Crippen LogP contribution < -0.4 is 4.90 Å². The van der Waals surface area contributed by atoms with Gasteiger partial charge >= 0.3 is 18.3 Å². The molecule has 1 fully saturated rings. The van der Waals surface area contributed by atoms with E-state index in [1.807, 2.05) is 0 Å². The van der Waals surface area contributed by atoms with Crippen LogP contribution >= 0.6 is 0 Å². The molecule has 3 rings (SSSR count). The van der Waals surface area contributed by atoms with Crippen LogP contribution in [0.15, 0.2) is 42.6 Å². The molecule has 11 heteroatoms. The highest BCUT2D eigenvalue weighted by Gasteiger charge is 2.33. The van der Waals surface area contributed by atoms with Gasteiger partial charge in [-0.2, -0.15) is 26.3 Å². The van der Waals surface area contributed by atoms with Crippen molar-refractivity contribution in [1.82, 2.24) is 4.98 Å². The minimum Gasteiger partial charge on any atom is -0.482 e. The average molecular weight is 420 g/mol. The molecule has 29 heavy (non-hydrogen) atoms. The molecule has 1 aromatic carbocycles. The predicted molar refractivity (Wildman–Crippen MR) is 92.7 cm³/mol. The first-order chi connectivity index (χ1) is 13.4. The van der Waals surface area contributed by atoms with Crippen molar-refractivity contribution in [1.29, 1.82) is 0 Å². The third kappa shape index (κ3) is 6.00. The number of carboxylic acid groups (broad SMARTS) is 1. The SMILES string of the molecule is O=C(O)[C@H]1CCCN1c1ccc(C(F)(F)F)cc1.[NH-]c1ccc(C(F)(F)F)cn1. The van der Waals surface area contributed by atoms with Crippen molar-refractivity contribution in [2.45, 2.75) is 31.2 Å². The van der Waals surface area contributed by atoms with E-state index in [1.54, 1.807) is 4.90 Å². The monoisotopic (exact) mass is 420 g/mol. The number of hydrogen-bond acceptors (Lipinski definition) is 3. The number of nitrogens with zero attached hydrogens (tertiary/aromatic N) is 2. The van der Waals surface area contributed by atoms with E-state index in [9.17, 15) is 31.1 Å². The summed E-state index contributed by atoms with van der Waals surface area (Å²) in [7, 11) is 0. The Balaban J connectivity index is 0.000000234. The van der Waals surface area contributed by atoms with Gasteiger partial charge in [0, 0.05) is 12.2 Å². The first kappa shape index (κ1) is 22.3. The first-order valence-electron chi connectivity index (χ1n) is 8.31. The number of benzene rings is 1. The van der Waals surface area contributed by atoms with Crippen LogP contribution in [0, 0.1) is 0 Å². The molecule has 1 aliphatic heterocycles. The van der Waals surface area contributed by atoms with E-state index in [-0.39, 0.29) is 5.82 Å². The molecule has 0 aliphatic carbocycles. The van der Waals surface area contributed by atoms with Crippen LogP contribution in [-0.4, -0.2) is 28.6 Å². The molecule has 2 aromatic rings. The van der Waals surface area contributed by atoms with Crippen molar-refractivity contribution >= 4 is 17.5 Å². The Hall–Kier alpha value is -2.98. The van der Waals surface area contributed by atoms with Gasteiger partial charge in [0.25, 0.3) is 0 Å². The minimum absolute atomic E-state index is 0.169. The van der Waals surface area contributed by atoms with E-state index in [0.29, 0.717) is 24.8 Å². The van der Waals surface area contributed by atoms with Gasteiger partial charge in [-0.25, -0.2) is 4.79 Å². The molecular weight excluding hydrogens is 404 g/mol. The van der Waals surface area contributed by atoms with Crippen LogP contribution in [0.1, 0.15) is 24.0 Å². The van der Waals surface area contributed by atoms with E-state index in [1.165, 1.54) is 12.1 Å². The number of anilines is 1. The largest absolute Gasteiger partial charge is 0.482 e. The van der Waals surface area contributed by atoms with Crippen molar-refractivity contribution in [2.24, 2.45) is 0 Å². The summed E-state index contributed by atoms with van der Waals surface area (Å²) in [5, 5.41) is 9.01. The van der Waals surface area contributed by atoms with Crippen molar-refractivity contribution in [3.05, 3.63) is 59.5 Å². The molecule has 2 heterocycles. The van der Waals surface area contributed by atoms with Gasteiger partial charge in [0.2, 0.25) is 0 Å². The van der Waals surface area contributed by atoms with Gasteiger partial charge in [0.15, 0.2) is 0 Å². The lowest BCUT2D eigenvalue weighted by atomic mass is 10.1. The average Bonchev–Trinajstić information content (AvgIpc) is 3.11. The van der Waals surface area contributed by atoms with Crippen molar-refractivity contribution in [3.63, 3.8) is 0 Å². The van der Waals surface area contributed by atoms with Crippen LogP contribution in [0.2, 0.25) is 0 Å². The smallest absolute Gasteiger partial charge is 0.416 e. The molecule has 5 nitrogen and oxygen atoms in total. The fraction of sp³-hybridized carbons (Fsp3) is 0.333. The fourth-order valence-corrected chi connectivity index (χ4v) is 2.74. The number of pyridine rings is 1. The molecule has 158 valence electrons. The summed E-state index contributed by atoms with van der Waals surface area (Å²) in [6, 6.07) is 5.80. The van der Waals surface area contributed by atoms with E-state index >= 15 is 0 Å². The molecule has 2 N–H and O–H groups in total. The van der Waals surface area contributed by atoms with Crippen molar-refractivity contribution < 1.29 is 36.2 Å². The molecule has 1 saturated heterocycles. The van der Waals surface area contributed by atoms with Crippen LogP contribution in [0.4, 0.5) is 37.8 Å². The maximum absolute atomic E-state index is 12.4. The Morgan fingerprint density at radius 1 is 1.00 bits per heavy atom. The molecule has 0 amide bonds. The predicted octanol–water partition coefficient (Wildman–Crippen LogP) is 5.54. The lowest BCUT2D eigenvalue weighted by Gasteiger charge is -2.23. The second-order valence-electron chi connectivity index (χ2n) is 6.16. The number of nitrogens with one attached hydrogen (secondary N) is 1. The van der Waals surface area contributed by atoms with Crippen LogP contribution in [0.5, 0.6) is 0 Å². The number of rotatable bonds is 2. The third-order valence-electron chi connectivity index (χ3n) is 4.15. The summed E-state index contributed by atoms with van der Waals surface area (Å²) in [4.78, 5) is 15.8. The highest BCUT2D eigenvalue weighted by molar-refractivity contribution is 5.79. The topological polar surface area (TPSA) is 77.2 Å². The summed E-state index contributed by atoms with van der Waals surface area (Å²) in [6.45, 7) is 0.558. The zero-order chi connectivity index (χ0) is 21.8. The number of halogens is 6. The first-order valence-corrected chi connectivity index (χ1v) is 8.31. The standard InChI is InChI=1S/C12H12F3NO2.C6H4F3N2/c13-12(14,15)8-3-5-9(6-4-8)16-7-1-2-10(16)11(17)18;7-6(8,9)4-1-2-5(10)11-3-4/h3-6,10H,1-2,7H2,(H,17,18);1-3H,(H-,10,11)/q;-1/t10-;/m1./s1. The Kier molecular flexibility index (Phi) is 6.60. The molecule has 0 spiro atoms. The number of aromatic nitrogens is 1. The van der Waals surface area contributed by atoms with Gasteiger partial charge < -0.3 is 20.7 Å². The van der Waals surface area contributed by atoms with Gasteiger partial charge in [0.05, 0.1) is 11.1 Å². The number of aliphatic carboxylic acids is 1. The Labute approximate surface area is 161 Å². The highest BCUT2D eigenvalue weighted by Crippen LogP contribution is 2.32. The number of alkyl halides is 6. The van der Waals surface area contributed by atoms with Gasteiger partial charge in [-0.05, 0) is 37.1 Å². The van der Waals surface area contributed by atoms with Crippen molar-refractivity contribution in [2.75, 3.05) is 11.4 Å². The molecule has 1 aliphatic rings. The van der Waals surface area contributed by atoms with E-state index < -0.39 is 35.5 Å². The number of carbonyl (C=O) groups is 1. The maximum atomic E-state index is 12.4. The normalized spacial score (nSPS) is 16.9. The number of hydrogen-bond donors (Lipinski definition) is 1. The van der Waals surface area contributed by atoms with Gasteiger partial charge in [-0.1, -0.05) is 24.1 Å². The summed E-state index contributed by atoms with van der Waals surface area (Å²) in [6.07, 6.45) is -6.83. The Morgan fingerprint density at radius 3 is 2.00 bits per heavy atom. The second kappa shape index (κ2) is 8.58. The number of carboxylic acids is 1. The Bertz CT molecular complexity index is 819. The summed E-state index contributed by atoms with van der Waals surface area (Å²) in [5.74, 6) is -1.11. The zero-order valence-corrected chi connectivity index (χ0v) is 14.8. The van der Waals surface area contributed by atoms with Crippen LogP contribution in [-0.2, 0) is 17.1 Å². The molecule has 0 bridgehead atoms. The molecular formula is C18H16F6N3O2-. The van der Waals surface area contributed by atoms with Gasteiger partial charge in [0.1, 0.15) is 6.04 Å². The van der Waals surface area contributed by atoms with Gasteiger partial charge in [-0.15, -0.1) is 0 Å². The van der Waals surface area contributed by atoms with Gasteiger partial charge in [-0.3, -0.25) is 0 Å². The van der Waals surface area contributed by atoms with Crippen molar-refractivity contribution in [3.8, 4) is 0 Å². The van der Waals surface area contributed by atoms with Crippen LogP contribution in [0.25, 0.3) is 5.73 Å². The van der Waals surface area contributed by atoms with E-state index in [4.69, 9.17) is 10.8 Å². The van der Waals surface area contributed by atoms with Crippen LogP contribution in [0.3, 0.4) is 0 Å². The molecule has 1 atom stereocenters. The maximum Gasteiger partial charge on any atom is 0.416 e. The second-order valence-corrected chi connectivity index (χ2v) is 6.16. The minimum atomic E-state index is -4.37. The molecule has 0 unspecified atom stereocenters. The fourth-order valence-electron chi connectivity index (χ4n) is 2.74. The zero-order valence-electron chi connectivity index (χ0n) is 14.8. The summed E-state index contributed by atoms with van der Waals surface area (Å²) >= 11 is 0. The van der Waals surface area contributed by atoms with E-state index in [0.717, 1.165) is 30.7 Å². The Morgan fingerprint density at radius 2 is 1.55 bits per heavy atom. The lowest BCUT2D eigenvalue weighted by Crippen LogP contribution is -2.35. The summed E-state index contributed by atoms with van der Waals surface area (Å²) in [5.41, 5.74) is 5.79. The quantitative estimate of drug-likeness (QED) is 0.647.